The lowest BCUT2D eigenvalue weighted by Crippen LogP contribution is -2.42. The molecule has 1 aromatic rings. The fourth-order valence-corrected chi connectivity index (χ4v) is 3.83. The maximum Gasteiger partial charge on any atom is 0.410 e. The first-order valence-electron chi connectivity index (χ1n) is 8.25. The Bertz CT molecular complexity index is 544. The highest BCUT2D eigenvalue weighted by Crippen LogP contribution is 2.26. The number of benzene rings is 1. The Morgan fingerprint density at radius 1 is 1.21 bits per heavy atom. The van der Waals surface area contributed by atoms with Crippen molar-refractivity contribution in [2.75, 3.05) is 19.7 Å². The predicted molar refractivity (Wildman–Crippen MR) is 102 cm³/mol. The number of carbonyl (C=O) groups is 1. The van der Waals surface area contributed by atoms with Crippen LogP contribution >= 0.6 is 31.9 Å². The van der Waals surface area contributed by atoms with Crippen LogP contribution in [0.15, 0.2) is 27.1 Å². The number of amides is 1. The van der Waals surface area contributed by atoms with Gasteiger partial charge in [-0.05, 0) is 51.7 Å². The number of rotatable bonds is 4. The van der Waals surface area contributed by atoms with Gasteiger partial charge in [0, 0.05) is 34.2 Å². The molecule has 1 amide bonds. The van der Waals surface area contributed by atoms with Crippen LogP contribution in [-0.4, -0.2) is 36.3 Å². The Kier molecular flexibility index (Phi) is 7.13. The van der Waals surface area contributed by atoms with E-state index in [4.69, 9.17) is 9.47 Å². The van der Waals surface area contributed by atoms with Crippen LogP contribution in [0.4, 0.5) is 4.79 Å². The zero-order chi connectivity index (χ0) is 17.7. The number of carbonyl (C=O) groups excluding carboxylic acids is 1. The molecule has 0 unspecified atom stereocenters. The fourth-order valence-electron chi connectivity index (χ4n) is 2.61. The van der Waals surface area contributed by atoms with Gasteiger partial charge < -0.3 is 14.4 Å². The van der Waals surface area contributed by atoms with Crippen LogP contribution in [0.3, 0.4) is 0 Å². The van der Waals surface area contributed by atoms with Gasteiger partial charge in [0.15, 0.2) is 0 Å². The number of halogens is 2. The van der Waals surface area contributed by atoms with Crippen molar-refractivity contribution in [1.29, 1.82) is 0 Å². The molecule has 1 aliphatic rings. The quantitative estimate of drug-likeness (QED) is 0.603. The highest BCUT2D eigenvalue weighted by Gasteiger charge is 2.26. The van der Waals surface area contributed by atoms with Crippen LogP contribution in [-0.2, 0) is 16.1 Å². The van der Waals surface area contributed by atoms with Crippen LogP contribution in [0, 0.1) is 5.92 Å². The lowest BCUT2D eigenvalue weighted by molar-refractivity contribution is 0.0104. The highest BCUT2D eigenvalue weighted by atomic mass is 79.9. The second kappa shape index (κ2) is 8.68. The number of hydrogen-bond donors (Lipinski definition) is 0. The van der Waals surface area contributed by atoms with Gasteiger partial charge in [-0.25, -0.2) is 4.79 Å². The van der Waals surface area contributed by atoms with Gasteiger partial charge in [-0.1, -0.05) is 37.9 Å². The Morgan fingerprint density at radius 3 is 2.33 bits per heavy atom. The van der Waals surface area contributed by atoms with Gasteiger partial charge in [-0.15, -0.1) is 0 Å². The summed E-state index contributed by atoms with van der Waals surface area (Å²) in [5, 5.41) is 0. The van der Waals surface area contributed by atoms with Gasteiger partial charge in [0.1, 0.15) is 5.60 Å². The van der Waals surface area contributed by atoms with Gasteiger partial charge in [0.2, 0.25) is 0 Å². The minimum absolute atomic E-state index is 0.209. The van der Waals surface area contributed by atoms with Crippen LogP contribution in [0.1, 0.15) is 39.2 Å². The largest absolute Gasteiger partial charge is 0.444 e. The van der Waals surface area contributed by atoms with Crippen molar-refractivity contribution >= 4 is 38.0 Å². The number of hydrogen-bond acceptors (Lipinski definition) is 3. The van der Waals surface area contributed by atoms with E-state index in [1.165, 1.54) is 0 Å². The van der Waals surface area contributed by atoms with Crippen molar-refractivity contribution in [2.24, 2.45) is 5.92 Å². The molecule has 0 saturated carbocycles. The molecule has 1 aliphatic heterocycles. The second-order valence-corrected chi connectivity index (χ2v) is 8.83. The zero-order valence-corrected chi connectivity index (χ0v) is 17.7. The van der Waals surface area contributed by atoms with Gasteiger partial charge in [-0.3, -0.25) is 0 Å². The smallest absolute Gasteiger partial charge is 0.410 e. The van der Waals surface area contributed by atoms with Crippen LogP contribution in [0.25, 0.3) is 0 Å². The van der Waals surface area contributed by atoms with E-state index in [1.807, 2.05) is 39.0 Å². The van der Waals surface area contributed by atoms with Crippen LogP contribution in [0.5, 0.6) is 0 Å². The summed E-state index contributed by atoms with van der Waals surface area (Å²) in [6.07, 6.45) is 1.70. The number of likely N-dealkylation sites (tertiary alicyclic amines) is 1. The maximum atomic E-state index is 12.1. The molecule has 2 rings (SSSR count). The van der Waals surface area contributed by atoms with Gasteiger partial charge in [-0.2, -0.15) is 0 Å². The van der Waals surface area contributed by atoms with E-state index in [9.17, 15) is 4.79 Å². The summed E-state index contributed by atoms with van der Waals surface area (Å²) in [6, 6.07) is 6.02. The average molecular weight is 463 g/mol. The molecule has 0 aromatic heterocycles. The maximum absolute atomic E-state index is 12.1. The average Bonchev–Trinajstić information content (AvgIpc) is 2.49. The minimum atomic E-state index is -0.437. The van der Waals surface area contributed by atoms with Gasteiger partial charge in [0.25, 0.3) is 0 Å². The SMILES string of the molecule is CC(C)(C)OC(=O)N1CCC(COCc2c(Br)cccc2Br)CC1. The van der Waals surface area contributed by atoms with Crippen molar-refractivity contribution in [3.8, 4) is 0 Å². The molecule has 0 atom stereocenters. The van der Waals surface area contributed by atoms with E-state index in [0.717, 1.165) is 47.0 Å². The van der Waals surface area contributed by atoms with Gasteiger partial charge >= 0.3 is 6.09 Å². The second-order valence-electron chi connectivity index (χ2n) is 7.13. The number of nitrogens with zero attached hydrogens (tertiary/aromatic N) is 1. The normalized spacial score (nSPS) is 16.3. The summed E-state index contributed by atoms with van der Waals surface area (Å²) in [6.45, 7) is 8.45. The topological polar surface area (TPSA) is 38.8 Å². The van der Waals surface area contributed by atoms with Crippen molar-refractivity contribution < 1.29 is 14.3 Å². The molecule has 1 heterocycles. The Balaban J connectivity index is 1.73. The Morgan fingerprint density at radius 2 is 1.79 bits per heavy atom. The summed E-state index contributed by atoms with van der Waals surface area (Å²) in [7, 11) is 0. The fraction of sp³-hybridized carbons (Fsp3) is 0.611. The van der Waals surface area contributed by atoms with E-state index < -0.39 is 5.60 Å². The van der Waals surface area contributed by atoms with Crippen molar-refractivity contribution in [3.63, 3.8) is 0 Å². The van der Waals surface area contributed by atoms with E-state index >= 15 is 0 Å². The third kappa shape index (κ3) is 6.05. The molecule has 1 aromatic carbocycles. The number of piperidine rings is 1. The molecule has 4 nitrogen and oxygen atoms in total. The minimum Gasteiger partial charge on any atom is -0.444 e. The van der Waals surface area contributed by atoms with Crippen molar-refractivity contribution in [1.82, 2.24) is 4.90 Å². The first-order valence-corrected chi connectivity index (χ1v) is 9.83. The van der Waals surface area contributed by atoms with E-state index in [1.54, 1.807) is 4.90 Å². The van der Waals surface area contributed by atoms with E-state index in [0.29, 0.717) is 12.5 Å². The standard InChI is InChI=1S/C18H25Br2NO3/c1-18(2,3)24-17(22)21-9-7-13(8-10-21)11-23-12-14-15(19)5-4-6-16(14)20/h4-6,13H,7-12H2,1-3H3. The highest BCUT2D eigenvalue weighted by molar-refractivity contribution is 9.11. The first kappa shape index (κ1) is 19.7. The molecule has 0 bridgehead atoms. The predicted octanol–water partition coefficient (Wildman–Crippen LogP) is 5.38. The molecule has 6 heteroatoms. The van der Waals surface area contributed by atoms with Crippen molar-refractivity contribution in [3.05, 3.63) is 32.7 Å². The Labute approximate surface area is 161 Å². The molecule has 134 valence electrons. The molecule has 0 radical (unpaired) electrons. The lowest BCUT2D eigenvalue weighted by Gasteiger charge is -2.33. The number of ether oxygens (including phenoxy) is 2. The third-order valence-corrected chi connectivity index (χ3v) is 5.41. The summed E-state index contributed by atoms with van der Waals surface area (Å²) in [4.78, 5) is 13.9. The molecular formula is C18H25Br2NO3. The van der Waals surface area contributed by atoms with E-state index in [2.05, 4.69) is 31.9 Å². The summed E-state index contributed by atoms with van der Waals surface area (Å²) >= 11 is 7.11. The summed E-state index contributed by atoms with van der Waals surface area (Å²) in [5.41, 5.74) is 0.691. The lowest BCUT2D eigenvalue weighted by atomic mass is 9.98. The first-order chi connectivity index (χ1) is 11.3. The van der Waals surface area contributed by atoms with Crippen molar-refractivity contribution in [2.45, 2.75) is 45.8 Å². The molecule has 1 fully saturated rings. The zero-order valence-electron chi connectivity index (χ0n) is 14.5. The molecule has 0 N–H and O–H groups in total. The van der Waals surface area contributed by atoms with Crippen LogP contribution < -0.4 is 0 Å². The third-order valence-electron chi connectivity index (χ3n) is 3.93. The molecule has 0 spiro atoms. The molecule has 0 aliphatic carbocycles. The molecule has 1 saturated heterocycles. The molecular weight excluding hydrogens is 438 g/mol. The van der Waals surface area contributed by atoms with E-state index in [-0.39, 0.29) is 6.09 Å². The molecule has 24 heavy (non-hydrogen) atoms. The van der Waals surface area contributed by atoms with Crippen LogP contribution in [0.2, 0.25) is 0 Å². The Hall–Kier alpha value is -0.590. The summed E-state index contributed by atoms with van der Waals surface area (Å²) in [5.74, 6) is 0.491. The summed E-state index contributed by atoms with van der Waals surface area (Å²) < 4.78 is 13.4. The monoisotopic (exact) mass is 461 g/mol. The van der Waals surface area contributed by atoms with Gasteiger partial charge in [0.05, 0.1) is 6.61 Å².